The summed E-state index contributed by atoms with van der Waals surface area (Å²) in [6.07, 6.45) is 2.97. The van der Waals surface area contributed by atoms with Crippen molar-refractivity contribution in [1.29, 1.82) is 0 Å². The van der Waals surface area contributed by atoms with Gasteiger partial charge in [0, 0.05) is 18.6 Å². The van der Waals surface area contributed by atoms with E-state index in [-0.39, 0.29) is 0 Å². The Morgan fingerprint density at radius 1 is 1.00 bits per heavy atom. The summed E-state index contributed by atoms with van der Waals surface area (Å²) >= 11 is 0. The molecular formula is C12H23N. The number of piperidine rings is 1. The van der Waals surface area contributed by atoms with E-state index in [2.05, 4.69) is 32.6 Å². The van der Waals surface area contributed by atoms with Crippen LogP contribution in [0.4, 0.5) is 0 Å². The van der Waals surface area contributed by atoms with Crippen molar-refractivity contribution in [3.8, 4) is 0 Å². The Morgan fingerprint density at radius 3 is 1.85 bits per heavy atom. The molecule has 13 heavy (non-hydrogen) atoms. The van der Waals surface area contributed by atoms with Crippen LogP contribution in [0.2, 0.25) is 0 Å². The van der Waals surface area contributed by atoms with Gasteiger partial charge in [-0.1, -0.05) is 6.92 Å². The smallest absolute Gasteiger partial charge is 0.0125 e. The minimum Gasteiger partial charge on any atom is -0.298 e. The van der Waals surface area contributed by atoms with Crippen LogP contribution < -0.4 is 0 Å². The molecule has 0 radical (unpaired) electrons. The van der Waals surface area contributed by atoms with Crippen molar-refractivity contribution in [1.82, 2.24) is 4.90 Å². The predicted molar refractivity (Wildman–Crippen MR) is 56.7 cm³/mol. The molecule has 2 aliphatic rings. The third kappa shape index (κ3) is 1.63. The fraction of sp³-hybridized carbons (Fsp3) is 1.00. The Morgan fingerprint density at radius 2 is 1.46 bits per heavy atom. The first-order valence-corrected chi connectivity index (χ1v) is 5.73. The summed E-state index contributed by atoms with van der Waals surface area (Å²) in [7, 11) is 0. The minimum atomic E-state index is 0.390. The third-order valence-electron chi connectivity index (χ3n) is 4.25. The van der Waals surface area contributed by atoms with Crippen molar-refractivity contribution >= 4 is 0 Å². The summed E-state index contributed by atoms with van der Waals surface area (Å²) in [5, 5.41) is 0. The molecule has 0 spiro atoms. The van der Waals surface area contributed by atoms with Gasteiger partial charge in [-0.05, 0) is 51.4 Å². The molecule has 0 aromatic carbocycles. The lowest BCUT2D eigenvalue weighted by Crippen LogP contribution is -2.50. The molecule has 1 aliphatic carbocycles. The summed E-state index contributed by atoms with van der Waals surface area (Å²) in [4.78, 5) is 2.69. The van der Waals surface area contributed by atoms with Gasteiger partial charge in [-0.15, -0.1) is 0 Å². The Bertz CT molecular complexity index is 178. The highest BCUT2D eigenvalue weighted by Crippen LogP contribution is 2.43. The Balaban J connectivity index is 2.07. The maximum absolute atomic E-state index is 2.69. The van der Waals surface area contributed by atoms with Gasteiger partial charge in [0.1, 0.15) is 0 Å². The minimum absolute atomic E-state index is 0.390. The molecule has 2 unspecified atom stereocenters. The van der Waals surface area contributed by atoms with Gasteiger partial charge in [0.15, 0.2) is 0 Å². The SMILES string of the molecule is CC1C2CCC1CN(C(C)(C)C)C2. The topological polar surface area (TPSA) is 3.24 Å². The van der Waals surface area contributed by atoms with E-state index in [9.17, 15) is 0 Å². The van der Waals surface area contributed by atoms with Gasteiger partial charge in [-0.25, -0.2) is 0 Å². The van der Waals surface area contributed by atoms with E-state index in [4.69, 9.17) is 0 Å². The Kier molecular flexibility index (Phi) is 2.18. The normalized spacial score (nSPS) is 41.1. The number of nitrogens with zero attached hydrogens (tertiary/aromatic N) is 1. The van der Waals surface area contributed by atoms with E-state index < -0.39 is 0 Å². The molecule has 1 saturated carbocycles. The monoisotopic (exact) mass is 181 g/mol. The van der Waals surface area contributed by atoms with E-state index in [1.54, 1.807) is 0 Å². The molecule has 2 atom stereocenters. The number of rotatable bonds is 0. The summed E-state index contributed by atoms with van der Waals surface area (Å²) in [6.45, 7) is 12.2. The van der Waals surface area contributed by atoms with Gasteiger partial charge < -0.3 is 0 Å². The van der Waals surface area contributed by atoms with Crippen LogP contribution in [0.25, 0.3) is 0 Å². The van der Waals surface area contributed by atoms with Crippen LogP contribution in [-0.4, -0.2) is 23.5 Å². The van der Waals surface area contributed by atoms with Crippen molar-refractivity contribution < 1.29 is 0 Å². The first-order chi connectivity index (χ1) is 5.98. The second kappa shape index (κ2) is 2.98. The van der Waals surface area contributed by atoms with Crippen LogP contribution in [0.5, 0.6) is 0 Å². The van der Waals surface area contributed by atoms with Crippen LogP contribution in [0, 0.1) is 17.8 Å². The molecule has 0 amide bonds. The van der Waals surface area contributed by atoms with Gasteiger partial charge in [-0.3, -0.25) is 4.90 Å². The Hall–Kier alpha value is -0.0400. The first kappa shape index (κ1) is 9.51. The molecule has 2 bridgehead atoms. The van der Waals surface area contributed by atoms with Crippen LogP contribution in [-0.2, 0) is 0 Å². The van der Waals surface area contributed by atoms with Crippen LogP contribution in [0.15, 0.2) is 0 Å². The highest BCUT2D eigenvalue weighted by molar-refractivity contribution is 4.94. The largest absolute Gasteiger partial charge is 0.298 e. The highest BCUT2D eigenvalue weighted by Gasteiger charge is 2.41. The summed E-state index contributed by atoms with van der Waals surface area (Å²) in [5.74, 6) is 2.99. The lowest BCUT2D eigenvalue weighted by Gasteiger charge is -2.44. The van der Waals surface area contributed by atoms with Gasteiger partial charge in [0.25, 0.3) is 0 Å². The summed E-state index contributed by atoms with van der Waals surface area (Å²) in [6, 6.07) is 0. The van der Waals surface area contributed by atoms with E-state index in [1.165, 1.54) is 25.9 Å². The fourth-order valence-corrected chi connectivity index (χ4v) is 3.04. The fourth-order valence-electron chi connectivity index (χ4n) is 3.04. The molecular weight excluding hydrogens is 158 g/mol. The molecule has 2 fully saturated rings. The average molecular weight is 181 g/mol. The molecule has 0 aromatic heterocycles. The van der Waals surface area contributed by atoms with E-state index in [0.29, 0.717) is 5.54 Å². The molecule has 76 valence electrons. The van der Waals surface area contributed by atoms with Gasteiger partial charge in [0.2, 0.25) is 0 Å². The predicted octanol–water partition coefficient (Wildman–Crippen LogP) is 2.76. The van der Waals surface area contributed by atoms with Crippen molar-refractivity contribution in [2.45, 2.75) is 46.1 Å². The maximum Gasteiger partial charge on any atom is 0.0125 e. The van der Waals surface area contributed by atoms with Gasteiger partial charge >= 0.3 is 0 Å². The summed E-state index contributed by atoms with van der Waals surface area (Å²) < 4.78 is 0. The molecule has 1 aliphatic heterocycles. The Labute approximate surface area is 82.5 Å². The molecule has 0 N–H and O–H groups in total. The standard InChI is InChI=1S/C12H23N/c1-9-10-5-6-11(9)8-13(7-10)12(2,3)4/h9-11H,5-8H2,1-4H3. The van der Waals surface area contributed by atoms with Crippen LogP contribution in [0.3, 0.4) is 0 Å². The zero-order valence-corrected chi connectivity index (χ0v) is 9.51. The third-order valence-corrected chi connectivity index (χ3v) is 4.25. The number of likely N-dealkylation sites (tertiary alicyclic amines) is 1. The molecule has 2 rings (SSSR count). The lowest BCUT2D eigenvalue weighted by atomic mass is 9.85. The van der Waals surface area contributed by atoms with Crippen LogP contribution >= 0.6 is 0 Å². The second-order valence-electron chi connectivity index (χ2n) is 6.03. The lowest BCUT2D eigenvalue weighted by molar-refractivity contribution is 0.0446. The summed E-state index contributed by atoms with van der Waals surface area (Å²) in [5.41, 5.74) is 0.390. The number of fused-ring (bicyclic) bond motifs is 2. The first-order valence-electron chi connectivity index (χ1n) is 5.73. The molecule has 1 heterocycles. The molecule has 1 nitrogen and oxygen atoms in total. The van der Waals surface area contributed by atoms with Crippen molar-refractivity contribution in [3.05, 3.63) is 0 Å². The van der Waals surface area contributed by atoms with E-state index in [1.807, 2.05) is 0 Å². The zero-order chi connectivity index (χ0) is 9.64. The highest BCUT2D eigenvalue weighted by atomic mass is 15.2. The van der Waals surface area contributed by atoms with Gasteiger partial charge in [0.05, 0.1) is 0 Å². The van der Waals surface area contributed by atoms with E-state index in [0.717, 1.165) is 17.8 Å². The van der Waals surface area contributed by atoms with Crippen LogP contribution in [0.1, 0.15) is 40.5 Å². The molecule has 1 saturated heterocycles. The van der Waals surface area contributed by atoms with Gasteiger partial charge in [-0.2, -0.15) is 0 Å². The molecule has 1 heteroatoms. The number of hydrogen-bond acceptors (Lipinski definition) is 1. The van der Waals surface area contributed by atoms with E-state index >= 15 is 0 Å². The zero-order valence-electron chi connectivity index (χ0n) is 9.51. The van der Waals surface area contributed by atoms with Crippen molar-refractivity contribution in [2.24, 2.45) is 17.8 Å². The maximum atomic E-state index is 2.69. The van der Waals surface area contributed by atoms with Crippen molar-refractivity contribution in [3.63, 3.8) is 0 Å². The quantitative estimate of drug-likeness (QED) is 0.555. The molecule has 0 aromatic rings. The van der Waals surface area contributed by atoms with Crippen molar-refractivity contribution in [2.75, 3.05) is 13.1 Å². The number of hydrogen-bond donors (Lipinski definition) is 0. The average Bonchev–Trinajstić information content (AvgIpc) is 2.29. The second-order valence-corrected chi connectivity index (χ2v) is 6.03.